The Morgan fingerprint density at radius 3 is 2.57 bits per heavy atom. The van der Waals surface area contributed by atoms with Crippen LogP contribution < -0.4 is 10.1 Å². The predicted molar refractivity (Wildman–Crippen MR) is 88.4 cm³/mol. The van der Waals surface area contributed by atoms with Crippen LogP contribution in [0.5, 0.6) is 5.75 Å². The molecule has 2 aromatic rings. The average molecular weight is 389 g/mol. The summed E-state index contributed by atoms with van der Waals surface area (Å²) in [6, 6.07) is 12.2. The molecule has 1 N–H and O–H groups in total. The van der Waals surface area contributed by atoms with Crippen molar-refractivity contribution in [2.45, 2.75) is 0 Å². The van der Waals surface area contributed by atoms with Gasteiger partial charge in [-0.3, -0.25) is 4.79 Å². The smallest absolute Gasteiger partial charge is 0.252 e. The second-order valence-corrected chi connectivity index (χ2v) is 5.94. The molecule has 6 heteroatoms. The highest BCUT2D eigenvalue weighted by atomic mass is 79.9. The van der Waals surface area contributed by atoms with Crippen molar-refractivity contribution in [1.29, 1.82) is 0 Å². The summed E-state index contributed by atoms with van der Waals surface area (Å²) in [5, 5.41) is 3.82. The van der Waals surface area contributed by atoms with E-state index in [0.717, 1.165) is 4.47 Å². The lowest BCUT2D eigenvalue weighted by molar-refractivity contribution is 0.0947. The van der Waals surface area contributed by atoms with Crippen molar-refractivity contribution in [3.8, 4) is 5.75 Å². The first kappa shape index (κ1) is 16.1. The molecule has 0 fully saturated rings. The van der Waals surface area contributed by atoms with Crippen LogP contribution in [0.25, 0.3) is 0 Å². The van der Waals surface area contributed by atoms with Crippen molar-refractivity contribution in [3.63, 3.8) is 0 Å². The highest BCUT2D eigenvalue weighted by Gasteiger charge is 2.10. The maximum Gasteiger partial charge on any atom is 0.252 e. The van der Waals surface area contributed by atoms with Crippen molar-refractivity contribution in [3.05, 3.63) is 62.5 Å². The van der Waals surface area contributed by atoms with E-state index < -0.39 is 0 Å². The first-order valence-corrected chi connectivity index (χ1v) is 7.73. The van der Waals surface area contributed by atoms with Crippen LogP contribution in [0, 0.1) is 0 Å². The number of carbonyl (C=O) groups excluding carboxylic acids is 1. The first-order valence-electron chi connectivity index (χ1n) is 6.18. The van der Waals surface area contributed by atoms with E-state index in [0.29, 0.717) is 34.5 Å². The van der Waals surface area contributed by atoms with Crippen LogP contribution in [-0.4, -0.2) is 19.1 Å². The molecule has 0 unspecified atom stereocenters. The van der Waals surface area contributed by atoms with Gasteiger partial charge in [0.05, 0.1) is 17.1 Å². The van der Waals surface area contributed by atoms with Gasteiger partial charge in [-0.2, -0.15) is 0 Å². The molecule has 3 nitrogen and oxygen atoms in total. The lowest BCUT2D eigenvalue weighted by atomic mass is 10.2. The number of ether oxygens (including phenoxy) is 1. The van der Waals surface area contributed by atoms with Crippen LogP contribution in [-0.2, 0) is 0 Å². The largest absolute Gasteiger partial charge is 0.492 e. The summed E-state index contributed by atoms with van der Waals surface area (Å²) in [7, 11) is 0. The van der Waals surface area contributed by atoms with Crippen LogP contribution in [0.1, 0.15) is 10.4 Å². The van der Waals surface area contributed by atoms with Crippen molar-refractivity contribution in [2.24, 2.45) is 0 Å². The third-order valence-corrected chi connectivity index (χ3v) is 3.72. The zero-order valence-corrected chi connectivity index (χ0v) is 14.0. The molecule has 110 valence electrons. The fourth-order valence-corrected chi connectivity index (χ4v) is 2.32. The van der Waals surface area contributed by atoms with Gasteiger partial charge >= 0.3 is 0 Å². The van der Waals surface area contributed by atoms with Gasteiger partial charge in [0.1, 0.15) is 12.4 Å². The molecule has 0 heterocycles. The number of benzene rings is 2. The third-order valence-electron chi connectivity index (χ3n) is 2.64. The second kappa shape index (κ2) is 7.69. The molecule has 0 aliphatic heterocycles. The Morgan fingerprint density at radius 1 is 1.14 bits per heavy atom. The van der Waals surface area contributed by atoms with Crippen LogP contribution >= 0.6 is 39.1 Å². The number of carbonyl (C=O) groups is 1. The van der Waals surface area contributed by atoms with E-state index in [1.807, 2.05) is 0 Å². The summed E-state index contributed by atoms with van der Waals surface area (Å²) in [5.41, 5.74) is 0.428. The second-order valence-electron chi connectivity index (χ2n) is 4.18. The maximum absolute atomic E-state index is 12.0. The van der Waals surface area contributed by atoms with Gasteiger partial charge in [0.2, 0.25) is 0 Å². The summed E-state index contributed by atoms with van der Waals surface area (Å²) in [6.45, 7) is 0.739. The van der Waals surface area contributed by atoms with Gasteiger partial charge in [0.15, 0.2) is 0 Å². The normalized spacial score (nSPS) is 10.2. The van der Waals surface area contributed by atoms with Gasteiger partial charge in [-0.15, -0.1) is 0 Å². The zero-order valence-electron chi connectivity index (χ0n) is 10.9. The number of halogens is 3. The Kier molecular flexibility index (Phi) is 5.91. The molecule has 0 bridgehead atoms. The van der Waals surface area contributed by atoms with E-state index in [2.05, 4.69) is 21.2 Å². The Labute approximate surface area is 141 Å². The van der Waals surface area contributed by atoms with Gasteiger partial charge in [-0.1, -0.05) is 39.1 Å². The van der Waals surface area contributed by atoms with Gasteiger partial charge in [-0.05, 0) is 42.5 Å². The topological polar surface area (TPSA) is 38.3 Å². The van der Waals surface area contributed by atoms with Crippen LogP contribution in [0.4, 0.5) is 0 Å². The molecule has 0 aliphatic rings. The molecular formula is C15H12BrCl2NO2. The van der Waals surface area contributed by atoms with Crippen molar-refractivity contribution < 1.29 is 9.53 Å². The van der Waals surface area contributed by atoms with E-state index in [9.17, 15) is 4.79 Å². The molecule has 0 atom stereocenters. The number of hydrogen-bond acceptors (Lipinski definition) is 2. The minimum Gasteiger partial charge on any atom is -0.492 e. The summed E-state index contributed by atoms with van der Waals surface area (Å²) >= 11 is 15.1. The molecule has 0 radical (unpaired) electrons. The summed E-state index contributed by atoms with van der Waals surface area (Å²) < 4.78 is 6.29. The van der Waals surface area contributed by atoms with Crippen LogP contribution in [0.3, 0.4) is 0 Å². The number of nitrogens with one attached hydrogen (secondary N) is 1. The molecule has 0 aromatic heterocycles. The molecule has 1 amide bonds. The molecule has 0 aliphatic carbocycles. The third kappa shape index (κ3) is 4.92. The van der Waals surface area contributed by atoms with Crippen molar-refractivity contribution >= 4 is 45.0 Å². The van der Waals surface area contributed by atoms with E-state index >= 15 is 0 Å². The summed E-state index contributed by atoms with van der Waals surface area (Å²) in [4.78, 5) is 12.0. The van der Waals surface area contributed by atoms with Crippen molar-refractivity contribution in [2.75, 3.05) is 13.2 Å². The van der Waals surface area contributed by atoms with Crippen LogP contribution in [0.15, 0.2) is 46.9 Å². The molecule has 0 saturated heterocycles. The summed E-state index contributed by atoms with van der Waals surface area (Å²) in [5.74, 6) is 0.468. The van der Waals surface area contributed by atoms with E-state index in [-0.39, 0.29) is 5.91 Å². The van der Waals surface area contributed by atoms with Gasteiger partial charge < -0.3 is 10.1 Å². The highest BCUT2D eigenvalue weighted by Crippen LogP contribution is 2.20. The number of rotatable bonds is 5. The minimum atomic E-state index is -0.235. The van der Waals surface area contributed by atoms with E-state index in [4.69, 9.17) is 27.9 Å². The van der Waals surface area contributed by atoms with Gasteiger partial charge in [-0.25, -0.2) is 0 Å². The van der Waals surface area contributed by atoms with Crippen LogP contribution in [0.2, 0.25) is 10.0 Å². The maximum atomic E-state index is 12.0. The molecule has 21 heavy (non-hydrogen) atoms. The zero-order chi connectivity index (χ0) is 15.2. The standard InChI is InChI=1S/C15H12BrCl2NO2/c16-10-1-6-14(18)13(9-10)15(20)19-7-8-21-12-4-2-11(17)3-5-12/h1-6,9H,7-8H2,(H,19,20). The summed E-state index contributed by atoms with van der Waals surface area (Å²) in [6.07, 6.45) is 0. The Morgan fingerprint density at radius 2 is 1.86 bits per heavy atom. The van der Waals surface area contributed by atoms with Crippen molar-refractivity contribution in [1.82, 2.24) is 5.32 Å². The Balaban J connectivity index is 1.81. The molecule has 2 aromatic carbocycles. The lowest BCUT2D eigenvalue weighted by Crippen LogP contribution is -2.28. The van der Waals surface area contributed by atoms with E-state index in [1.54, 1.807) is 42.5 Å². The molecular weight excluding hydrogens is 377 g/mol. The van der Waals surface area contributed by atoms with Gasteiger partial charge in [0.25, 0.3) is 5.91 Å². The Hall–Kier alpha value is -1.23. The van der Waals surface area contributed by atoms with E-state index in [1.165, 1.54) is 0 Å². The fourth-order valence-electron chi connectivity index (χ4n) is 1.63. The first-order chi connectivity index (χ1) is 10.1. The minimum absolute atomic E-state index is 0.235. The fraction of sp³-hybridized carbons (Fsp3) is 0.133. The quantitative estimate of drug-likeness (QED) is 0.762. The average Bonchev–Trinajstić information content (AvgIpc) is 2.47. The highest BCUT2D eigenvalue weighted by molar-refractivity contribution is 9.10. The monoisotopic (exact) mass is 387 g/mol. The predicted octanol–water partition coefficient (Wildman–Crippen LogP) is 4.56. The lowest BCUT2D eigenvalue weighted by Gasteiger charge is -2.09. The number of hydrogen-bond donors (Lipinski definition) is 1. The van der Waals surface area contributed by atoms with Gasteiger partial charge in [0, 0.05) is 9.50 Å². The molecule has 0 saturated carbocycles. The molecule has 0 spiro atoms. The number of amides is 1. The Bertz CT molecular complexity index is 632. The molecule has 2 rings (SSSR count). The SMILES string of the molecule is O=C(NCCOc1ccc(Cl)cc1)c1cc(Br)ccc1Cl.